The summed E-state index contributed by atoms with van der Waals surface area (Å²) < 4.78 is 7.71. The average Bonchev–Trinajstić information content (AvgIpc) is 3.24. The molecule has 0 N–H and O–H groups in total. The van der Waals surface area contributed by atoms with Crippen LogP contribution < -0.4 is 0 Å². The lowest BCUT2D eigenvalue weighted by Crippen LogP contribution is -2.33. The zero-order valence-electron chi connectivity index (χ0n) is 15.9. The lowest BCUT2D eigenvalue weighted by Gasteiger charge is -2.22. The molecule has 0 atom stereocenters. The number of aromatic nitrogens is 1. The van der Waals surface area contributed by atoms with Crippen molar-refractivity contribution in [3.8, 4) is 0 Å². The first kappa shape index (κ1) is 19.2. The summed E-state index contributed by atoms with van der Waals surface area (Å²) in [5.41, 5.74) is 2.43. The van der Waals surface area contributed by atoms with Gasteiger partial charge >= 0.3 is 5.97 Å². The third-order valence-corrected chi connectivity index (χ3v) is 5.84. The highest BCUT2D eigenvalue weighted by Gasteiger charge is 2.22. The Labute approximate surface area is 163 Å². The molecule has 0 radical (unpaired) electrons. The van der Waals surface area contributed by atoms with Gasteiger partial charge in [-0.3, -0.25) is 4.79 Å². The van der Waals surface area contributed by atoms with Crippen LogP contribution >= 0.6 is 11.3 Å². The Kier molecular flexibility index (Phi) is 5.96. The van der Waals surface area contributed by atoms with Gasteiger partial charge in [-0.1, -0.05) is 37.3 Å². The molecule has 1 aromatic carbocycles. The molecule has 3 rings (SSSR count). The molecule has 0 fully saturated rings. The van der Waals surface area contributed by atoms with Crippen molar-refractivity contribution in [2.45, 2.75) is 33.4 Å². The Hall–Kier alpha value is -2.60. The highest BCUT2D eigenvalue weighted by Crippen LogP contribution is 2.30. The van der Waals surface area contributed by atoms with Crippen LogP contribution in [0.4, 0.5) is 0 Å². The van der Waals surface area contributed by atoms with Gasteiger partial charge in [-0.25, -0.2) is 4.79 Å². The van der Waals surface area contributed by atoms with Gasteiger partial charge in [0.05, 0.1) is 17.3 Å². The molecule has 0 bridgehead atoms. The molecule has 0 saturated heterocycles. The molecule has 0 aliphatic rings. The minimum atomic E-state index is -0.421. The number of fused-ring (bicyclic) bond motifs is 1. The third-order valence-electron chi connectivity index (χ3n) is 4.63. The predicted molar refractivity (Wildman–Crippen MR) is 108 cm³/mol. The number of likely N-dealkylation sites (N-methyl/N-ethyl adjacent to an activating group) is 1. The van der Waals surface area contributed by atoms with E-state index in [2.05, 4.69) is 13.0 Å². The number of carbonyl (C=O) groups excluding carboxylic acids is 2. The second kappa shape index (κ2) is 8.39. The summed E-state index contributed by atoms with van der Waals surface area (Å²) in [4.78, 5) is 28.2. The fourth-order valence-electron chi connectivity index (χ4n) is 3.13. The smallest absolute Gasteiger partial charge is 0.354 e. The van der Waals surface area contributed by atoms with E-state index < -0.39 is 5.97 Å². The van der Waals surface area contributed by atoms with Gasteiger partial charge in [-0.2, -0.15) is 0 Å². The molecule has 5 nitrogen and oxygen atoms in total. The third kappa shape index (κ3) is 4.06. The van der Waals surface area contributed by atoms with Crippen molar-refractivity contribution in [2.75, 3.05) is 13.7 Å². The Morgan fingerprint density at radius 1 is 1.15 bits per heavy atom. The van der Waals surface area contributed by atoms with Gasteiger partial charge in [-0.15, -0.1) is 11.3 Å². The first-order chi connectivity index (χ1) is 13.1. The van der Waals surface area contributed by atoms with Crippen molar-refractivity contribution < 1.29 is 14.3 Å². The van der Waals surface area contributed by atoms with Crippen LogP contribution in [0.15, 0.2) is 42.5 Å². The monoisotopic (exact) mass is 384 g/mol. The summed E-state index contributed by atoms with van der Waals surface area (Å²) in [6.45, 7) is 5.34. The van der Waals surface area contributed by atoms with E-state index in [0.29, 0.717) is 18.8 Å². The van der Waals surface area contributed by atoms with Gasteiger partial charge in [0.15, 0.2) is 0 Å². The van der Waals surface area contributed by atoms with Crippen LogP contribution in [0, 0.1) is 0 Å². The molecule has 142 valence electrons. The number of aryl methyl sites for hydroxylation is 1. The summed E-state index contributed by atoms with van der Waals surface area (Å²) in [6.07, 6.45) is 0.927. The number of esters is 1. The molecule has 0 saturated carbocycles. The highest BCUT2D eigenvalue weighted by atomic mass is 32.1. The minimum Gasteiger partial charge on any atom is -0.464 e. The standard InChI is InChI=1S/C21H24N2O3S/c1-4-16-11-17-19(27-16)12-18(21(25)26-3)23(17)14-20(24)22(5-2)13-15-9-7-6-8-10-15/h6-12H,4-5,13-14H2,1-3H3. The molecule has 3 aromatic rings. The lowest BCUT2D eigenvalue weighted by molar-refractivity contribution is -0.132. The largest absolute Gasteiger partial charge is 0.464 e. The van der Waals surface area contributed by atoms with Gasteiger partial charge in [0.2, 0.25) is 5.91 Å². The summed E-state index contributed by atoms with van der Waals surface area (Å²) in [7, 11) is 1.36. The van der Waals surface area contributed by atoms with Crippen molar-refractivity contribution in [3.05, 3.63) is 58.6 Å². The zero-order valence-corrected chi connectivity index (χ0v) is 16.7. The Bertz CT molecular complexity index is 943. The van der Waals surface area contributed by atoms with Gasteiger partial charge in [0.1, 0.15) is 12.2 Å². The van der Waals surface area contributed by atoms with Crippen molar-refractivity contribution in [2.24, 2.45) is 0 Å². The number of carbonyl (C=O) groups is 2. The van der Waals surface area contributed by atoms with Gasteiger partial charge < -0.3 is 14.2 Å². The molecular weight excluding hydrogens is 360 g/mol. The van der Waals surface area contributed by atoms with E-state index in [1.54, 1.807) is 20.8 Å². The Balaban J connectivity index is 1.89. The second-order valence-corrected chi connectivity index (χ2v) is 7.48. The molecule has 27 heavy (non-hydrogen) atoms. The molecule has 0 aliphatic carbocycles. The number of methoxy groups -OCH3 is 1. The SMILES string of the molecule is CCc1cc2c(cc(C(=O)OC)n2CC(=O)N(CC)Cc2ccccc2)s1. The molecule has 6 heteroatoms. The normalized spacial score (nSPS) is 10.9. The van der Waals surface area contributed by atoms with Crippen molar-refractivity contribution in [1.82, 2.24) is 9.47 Å². The van der Waals surface area contributed by atoms with E-state index in [9.17, 15) is 9.59 Å². The van der Waals surface area contributed by atoms with Crippen LogP contribution in [0.2, 0.25) is 0 Å². The van der Waals surface area contributed by atoms with Crippen molar-refractivity contribution in [3.63, 3.8) is 0 Å². The first-order valence-electron chi connectivity index (χ1n) is 9.09. The van der Waals surface area contributed by atoms with E-state index in [0.717, 1.165) is 22.2 Å². The van der Waals surface area contributed by atoms with Crippen molar-refractivity contribution >= 4 is 33.4 Å². The number of amides is 1. The van der Waals surface area contributed by atoms with Crippen LogP contribution in [-0.4, -0.2) is 35.0 Å². The van der Waals surface area contributed by atoms with Crippen molar-refractivity contribution in [1.29, 1.82) is 0 Å². The maximum Gasteiger partial charge on any atom is 0.354 e. The highest BCUT2D eigenvalue weighted by molar-refractivity contribution is 7.19. The summed E-state index contributed by atoms with van der Waals surface area (Å²) in [5, 5.41) is 0. The number of hydrogen-bond donors (Lipinski definition) is 0. The van der Waals surface area contributed by atoms with E-state index in [1.165, 1.54) is 12.0 Å². The Morgan fingerprint density at radius 3 is 2.52 bits per heavy atom. The molecule has 1 amide bonds. The zero-order chi connectivity index (χ0) is 19.4. The first-order valence-corrected chi connectivity index (χ1v) is 9.91. The fourth-order valence-corrected chi connectivity index (χ4v) is 4.17. The molecule has 0 unspecified atom stereocenters. The number of benzene rings is 1. The van der Waals surface area contributed by atoms with E-state index in [1.807, 2.05) is 43.3 Å². The molecule has 2 aromatic heterocycles. The quantitative estimate of drug-likeness (QED) is 0.576. The van der Waals surface area contributed by atoms with Gasteiger partial charge in [0.25, 0.3) is 0 Å². The second-order valence-electron chi connectivity index (χ2n) is 6.32. The summed E-state index contributed by atoms with van der Waals surface area (Å²) in [5.74, 6) is -0.441. The van der Waals surface area contributed by atoms with Crippen LogP contribution in [0.3, 0.4) is 0 Å². The van der Waals surface area contributed by atoms with E-state index in [4.69, 9.17) is 4.74 Å². The molecule has 0 aliphatic heterocycles. The average molecular weight is 385 g/mol. The van der Waals surface area contributed by atoms with Crippen LogP contribution in [0.5, 0.6) is 0 Å². The van der Waals surface area contributed by atoms with E-state index >= 15 is 0 Å². The topological polar surface area (TPSA) is 51.5 Å². The summed E-state index contributed by atoms with van der Waals surface area (Å²) in [6, 6.07) is 13.8. The molecule has 0 spiro atoms. The van der Waals surface area contributed by atoms with Crippen LogP contribution in [0.25, 0.3) is 10.2 Å². The predicted octanol–water partition coefficient (Wildman–Crippen LogP) is 4.10. The maximum atomic E-state index is 13.0. The van der Waals surface area contributed by atoms with Gasteiger partial charge in [-0.05, 0) is 31.0 Å². The van der Waals surface area contributed by atoms with E-state index in [-0.39, 0.29) is 12.5 Å². The summed E-state index contributed by atoms with van der Waals surface area (Å²) >= 11 is 1.65. The van der Waals surface area contributed by atoms with Crippen LogP contribution in [-0.2, 0) is 29.0 Å². The number of thiophene rings is 1. The number of rotatable bonds is 7. The van der Waals surface area contributed by atoms with Crippen LogP contribution in [0.1, 0.15) is 34.8 Å². The number of hydrogen-bond acceptors (Lipinski definition) is 4. The number of ether oxygens (including phenoxy) is 1. The Morgan fingerprint density at radius 2 is 1.89 bits per heavy atom. The molecular formula is C21H24N2O3S. The molecule has 2 heterocycles. The fraction of sp³-hybridized carbons (Fsp3) is 0.333. The lowest BCUT2D eigenvalue weighted by atomic mass is 10.2. The minimum absolute atomic E-state index is 0.0201. The maximum absolute atomic E-state index is 13.0. The number of nitrogens with zero attached hydrogens (tertiary/aromatic N) is 2. The van der Waals surface area contributed by atoms with Gasteiger partial charge in [0, 0.05) is 18.0 Å².